The zero-order valence-corrected chi connectivity index (χ0v) is 19.3. The Hall–Kier alpha value is -2.93. The lowest BCUT2D eigenvalue weighted by Gasteiger charge is -2.33. The maximum atomic E-state index is 13.4. The molecule has 3 rings (SSSR count). The lowest BCUT2D eigenvalue weighted by molar-refractivity contribution is -0.139. The molecule has 1 aromatic carbocycles. The Bertz CT molecular complexity index is 918. The molecular formula is C25H31N3O3S. The molecule has 170 valence electrons. The molecule has 0 aliphatic heterocycles. The summed E-state index contributed by atoms with van der Waals surface area (Å²) in [5.74, 6) is -0.829. The molecule has 1 fully saturated rings. The summed E-state index contributed by atoms with van der Waals surface area (Å²) in [7, 11) is 0. The summed E-state index contributed by atoms with van der Waals surface area (Å²) in [6.07, 6.45) is 6.92. The van der Waals surface area contributed by atoms with Crippen molar-refractivity contribution in [2.75, 3.05) is 13.1 Å². The molecule has 6 nitrogen and oxygen atoms in total. The van der Waals surface area contributed by atoms with Crippen LogP contribution in [0.3, 0.4) is 0 Å². The zero-order valence-electron chi connectivity index (χ0n) is 18.5. The molecule has 0 spiro atoms. The van der Waals surface area contributed by atoms with Gasteiger partial charge in [-0.3, -0.25) is 14.4 Å². The molecule has 0 unspecified atom stereocenters. The molecule has 1 aliphatic carbocycles. The Morgan fingerprint density at radius 1 is 1.16 bits per heavy atom. The van der Waals surface area contributed by atoms with Crippen LogP contribution in [0.4, 0.5) is 0 Å². The monoisotopic (exact) mass is 453 g/mol. The second-order valence-electron chi connectivity index (χ2n) is 8.15. The minimum atomic E-state index is -0.790. The van der Waals surface area contributed by atoms with E-state index in [-0.39, 0.29) is 36.9 Å². The Labute approximate surface area is 193 Å². The van der Waals surface area contributed by atoms with Crippen molar-refractivity contribution < 1.29 is 14.4 Å². The highest BCUT2D eigenvalue weighted by Gasteiger charge is 2.32. The average Bonchev–Trinajstić information content (AvgIpc) is 3.34. The molecule has 7 heteroatoms. The van der Waals surface area contributed by atoms with Gasteiger partial charge >= 0.3 is 0 Å². The number of hydrogen-bond donors (Lipinski definition) is 2. The highest BCUT2D eigenvalue weighted by Crippen LogP contribution is 2.24. The Kier molecular flexibility index (Phi) is 8.62. The second-order valence-corrected chi connectivity index (χ2v) is 9.10. The number of amides is 3. The summed E-state index contributed by atoms with van der Waals surface area (Å²) in [5, 5.41) is 7.64. The first-order valence-electron chi connectivity index (χ1n) is 11.1. The molecule has 2 aromatic rings. The largest absolute Gasteiger partial charge is 0.351 e. The molecule has 0 radical (unpaired) electrons. The van der Waals surface area contributed by atoms with E-state index in [2.05, 4.69) is 17.2 Å². The third-order valence-corrected chi connectivity index (χ3v) is 6.56. The predicted octanol–water partition coefficient (Wildman–Crippen LogP) is 3.99. The molecule has 3 amide bonds. The predicted molar refractivity (Wildman–Crippen MR) is 127 cm³/mol. The highest BCUT2D eigenvalue weighted by molar-refractivity contribution is 7.12. The Morgan fingerprint density at radius 2 is 1.88 bits per heavy atom. The van der Waals surface area contributed by atoms with Crippen LogP contribution in [0.25, 0.3) is 0 Å². The molecule has 1 aliphatic rings. The minimum Gasteiger partial charge on any atom is -0.351 e. The molecule has 1 atom stereocenters. The molecule has 32 heavy (non-hydrogen) atoms. The van der Waals surface area contributed by atoms with Crippen LogP contribution >= 0.6 is 11.3 Å². The lowest BCUT2D eigenvalue weighted by Crippen LogP contribution is -2.49. The summed E-state index contributed by atoms with van der Waals surface area (Å²) in [5.41, 5.74) is 1.81. The van der Waals surface area contributed by atoms with Crippen LogP contribution in [0.2, 0.25) is 0 Å². The van der Waals surface area contributed by atoms with Crippen molar-refractivity contribution in [1.29, 1.82) is 0 Å². The van der Waals surface area contributed by atoms with E-state index in [1.54, 1.807) is 18.2 Å². The van der Waals surface area contributed by atoms with Crippen molar-refractivity contribution in [3.05, 3.63) is 70.4 Å². The number of benzene rings is 1. The third kappa shape index (κ3) is 6.29. The van der Waals surface area contributed by atoms with Gasteiger partial charge in [0.25, 0.3) is 5.91 Å². The van der Waals surface area contributed by atoms with Crippen LogP contribution in [0, 0.1) is 6.92 Å². The first kappa shape index (κ1) is 23.7. The lowest BCUT2D eigenvalue weighted by atomic mass is 9.94. The fourth-order valence-electron chi connectivity index (χ4n) is 3.99. The van der Waals surface area contributed by atoms with E-state index < -0.39 is 6.04 Å². The van der Waals surface area contributed by atoms with Gasteiger partial charge in [-0.15, -0.1) is 17.9 Å². The van der Waals surface area contributed by atoms with Gasteiger partial charge in [-0.05, 0) is 36.8 Å². The summed E-state index contributed by atoms with van der Waals surface area (Å²) in [4.78, 5) is 40.9. The Morgan fingerprint density at radius 3 is 2.50 bits per heavy atom. The van der Waals surface area contributed by atoms with E-state index in [9.17, 15) is 14.4 Å². The van der Waals surface area contributed by atoms with E-state index in [0.29, 0.717) is 4.88 Å². The Balaban J connectivity index is 1.80. The van der Waals surface area contributed by atoms with Gasteiger partial charge in [0.2, 0.25) is 11.8 Å². The van der Waals surface area contributed by atoms with Gasteiger partial charge in [0.1, 0.15) is 6.04 Å². The highest BCUT2D eigenvalue weighted by atomic mass is 32.1. The number of thiophene rings is 1. The number of nitrogens with one attached hydrogen (secondary N) is 2. The molecule has 2 N–H and O–H groups in total. The van der Waals surface area contributed by atoms with Crippen molar-refractivity contribution in [3.8, 4) is 0 Å². The molecule has 1 aromatic heterocycles. The third-order valence-electron chi connectivity index (χ3n) is 5.70. The molecule has 1 heterocycles. The van der Waals surface area contributed by atoms with Gasteiger partial charge < -0.3 is 15.5 Å². The van der Waals surface area contributed by atoms with Crippen LogP contribution in [-0.4, -0.2) is 41.8 Å². The van der Waals surface area contributed by atoms with Gasteiger partial charge in [-0.25, -0.2) is 0 Å². The smallest absolute Gasteiger partial charge is 0.261 e. The number of rotatable bonds is 9. The minimum absolute atomic E-state index is 0.128. The van der Waals surface area contributed by atoms with Crippen LogP contribution in [0.15, 0.2) is 54.4 Å². The fraction of sp³-hybridized carbons (Fsp3) is 0.400. The summed E-state index contributed by atoms with van der Waals surface area (Å²) >= 11 is 1.31. The molecule has 1 saturated carbocycles. The van der Waals surface area contributed by atoms with Crippen molar-refractivity contribution in [2.45, 2.75) is 51.1 Å². The molecular weight excluding hydrogens is 422 g/mol. The van der Waals surface area contributed by atoms with Gasteiger partial charge in [-0.2, -0.15) is 0 Å². The van der Waals surface area contributed by atoms with Gasteiger partial charge in [0.05, 0.1) is 11.4 Å². The van der Waals surface area contributed by atoms with Crippen LogP contribution in [-0.2, 0) is 9.59 Å². The maximum Gasteiger partial charge on any atom is 0.261 e. The molecule has 0 saturated heterocycles. The van der Waals surface area contributed by atoms with E-state index in [1.807, 2.05) is 36.6 Å². The standard InChI is InChI=1S/C25H31N3O3S/c1-3-15-28(22(29)17-26-24(30)21-10-7-16-32-21)23(19-13-11-18(2)12-14-19)25(31)27-20-8-5-4-6-9-20/h3,7,10-14,16,20,23H,1,4-6,8-9,15,17H2,2H3,(H,26,30)(H,27,31)/t23-/m0/s1. The second kappa shape index (κ2) is 11.6. The topological polar surface area (TPSA) is 78.5 Å². The first-order chi connectivity index (χ1) is 15.5. The van der Waals surface area contributed by atoms with E-state index in [0.717, 1.165) is 36.8 Å². The van der Waals surface area contributed by atoms with Crippen molar-refractivity contribution in [1.82, 2.24) is 15.5 Å². The van der Waals surface area contributed by atoms with Gasteiger partial charge in [0.15, 0.2) is 0 Å². The normalized spacial score (nSPS) is 14.9. The SMILES string of the molecule is C=CCN(C(=O)CNC(=O)c1cccs1)[C@H](C(=O)NC1CCCCC1)c1ccc(C)cc1. The fourth-order valence-corrected chi connectivity index (χ4v) is 4.63. The first-order valence-corrected chi connectivity index (χ1v) is 12.0. The van der Waals surface area contributed by atoms with E-state index >= 15 is 0 Å². The molecule has 0 bridgehead atoms. The maximum absolute atomic E-state index is 13.4. The van der Waals surface area contributed by atoms with Crippen molar-refractivity contribution >= 4 is 29.1 Å². The number of carbonyl (C=O) groups is 3. The van der Waals surface area contributed by atoms with Crippen LogP contribution in [0.5, 0.6) is 0 Å². The quantitative estimate of drug-likeness (QED) is 0.564. The zero-order chi connectivity index (χ0) is 22.9. The number of nitrogens with zero attached hydrogens (tertiary/aromatic N) is 1. The van der Waals surface area contributed by atoms with E-state index in [4.69, 9.17) is 0 Å². The van der Waals surface area contributed by atoms with Crippen molar-refractivity contribution in [2.24, 2.45) is 0 Å². The summed E-state index contributed by atoms with van der Waals surface area (Å²) in [6, 6.07) is 10.5. The number of carbonyl (C=O) groups excluding carboxylic acids is 3. The van der Waals surface area contributed by atoms with Gasteiger partial charge in [-0.1, -0.05) is 61.2 Å². The van der Waals surface area contributed by atoms with Crippen molar-refractivity contribution in [3.63, 3.8) is 0 Å². The number of aryl methyl sites for hydroxylation is 1. The number of hydrogen-bond acceptors (Lipinski definition) is 4. The average molecular weight is 454 g/mol. The van der Waals surface area contributed by atoms with Crippen LogP contribution < -0.4 is 10.6 Å². The van der Waals surface area contributed by atoms with Gasteiger partial charge in [0, 0.05) is 12.6 Å². The summed E-state index contributed by atoms with van der Waals surface area (Å²) in [6.45, 7) is 5.76. The van der Waals surface area contributed by atoms with Crippen LogP contribution in [0.1, 0.15) is 58.9 Å². The summed E-state index contributed by atoms with van der Waals surface area (Å²) < 4.78 is 0. The van der Waals surface area contributed by atoms with E-state index in [1.165, 1.54) is 22.7 Å².